The van der Waals surface area contributed by atoms with E-state index in [4.69, 9.17) is 0 Å². The molecular formula is C40H74N2O2. The third kappa shape index (κ3) is 22.2. The first-order chi connectivity index (χ1) is 21.8. The normalized spacial score (nSPS) is 20.6. The molecule has 0 radical (unpaired) electrons. The molecule has 0 bridgehead atoms. The van der Waals surface area contributed by atoms with Crippen molar-refractivity contribution in [3.8, 4) is 0 Å². The lowest BCUT2D eigenvalue weighted by Gasteiger charge is -2.44. The molecule has 0 amide bonds. The Balaban J connectivity index is 2.59. The van der Waals surface area contributed by atoms with Crippen molar-refractivity contribution in [3.05, 3.63) is 0 Å². The number of hydrogen-bond donors (Lipinski definition) is 0. The third-order valence-corrected chi connectivity index (χ3v) is 10.4. The van der Waals surface area contributed by atoms with E-state index >= 15 is 0 Å². The second kappa shape index (κ2) is 31.7. The van der Waals surface area contributed by atoms with Gasteiger partial charge in [-0.25, -0.2) is 0 Å². The first kappa shape index (κ1) is 40.7. The molecule has 1 aliphatic rings. The van der Waals surface area contributed by atoms with Crippen molar-refractivity contribution in [1.82, 2.24) is 0 Å². The lowest BCUT2D eigenvalue weighted by Crippen LogP contribution is -2.35. The van der Waals surface area contributed by atoms with Gasteiger partial charge in [0.1, 0.15) is 12.6 Å². The van der Waals surface area contributed by atoms with Crippen LogP contribution < -0.4 is 0 Å². The van der Waals surface area contributed by atoms with Gasteiger partial charge in [-0.1, -0.05) is 142 Å². The molecule has 4 atom stereocenters. The molecule has 0 aliphatic heterocycles. The number of nitrogens with zero attached hydrogens (tertiary/aromatic N) is 2. The average Bonchev–Trinajstić information content (AvgIpc) is 3.03. The summed E-state index contributed by atoms with van der Waals surface area (Å²) in [6.45, 7) is 5.34. The molecule has 0 N–H and O–H groups in total. The minimum Gasteiger partial charge on any atom is -0.301 e. The number of hydrogen-bond acceptors (Lipinski definition) is 4. The van der Waals surface area contributed by atoms with E-state index in [9.17, 15) is 9.59 Å². The highest BCUT2D eigenvalue weighted by atomic mass is 16.1. The van der Waals surface area contributed by atoms with E-state index in [0.29, 0.717) is 13.1 Å². The average molecular weight is 615 g/mol. The van der Waals surface area contributed by atoms with Crippen LogP contribution in [0.1, 0.15) is 194 Å². The predicted molar refractivity (Wildman–Crippen MR) is 193 cm³/mol. The predicted octanol–water partition coefficient (Wildman–Crippen LogP) is 12.0. The van der Waals surface area contributed by atoms with Crippen LogP contribution >= 0.6 is 0 Å². The van der Waals surface area contributed by atoms with Crippen molar-refractivity contribution in [2.24, 2.45) is 33.7 Å². The van der Waals surface area contributed by atoms with Crippen LogP contribution in [0.5, 0.6) is 0 Å². The molecule has 256 valence electrons. The Morgan fingerprint density at radius 2 is 0.795 bits per heavy atom. The van der Waals surface area contributed by atoms with Crippen molar-refractivity contribution in [1.29, 1.82) is 0 Å². The van der Waals surface area contributed by atoms with Gasteiger partial charge < -0.3 is 9.59 Å². The second-order valence-corrected chi connectivity index (χ2v) is 14.0. The van der Waals surface area contributed by atoms with Crippen molar-refractivity contribution in [3.63, 3.8) is 0 Å². The molecule has 0 saturated heterocycles. The van der Waals surface area contributed by atoms with Crippen LogP contribution in [0.3, 0.4) is 0 Å². The maximum Gasteiger partial charge on any atom is 0.141 e. The Kier molecular flexibility index (Phi) is 29.3. The van der Waals surface area contributed by atoms with E-state index in [1.807, 2.05) is 12.4 Å². The molecular weight excluding hydrogens is 540 g/mol. The number of carbonyl (C=O) groups is 2. The molecule has 0 spiro atoms. The highest BCUT2D eigenvalue weighted by molar-refractivity contribution is 5.62. The molecule has 44 heavy (non-hydrogen) atoms. The standard InChI is InChI=1S/C40H74N2O2/c1-3-5-7-14-21-27-39-37(25-19-6-4-2)29-30-38(26-20-15-10-8-12-17-23-31-41-33-35-43)40(39)28-22-16-11-9-13-18-24-32-42-34-36-44/h31-32,35-40H,3-30,33-34H2,1-2H3. The minimum absolute atomic E-state index is 0.322. The van der Waals surface area contributed by atoms with Gasteiger partial charge in [-0.3, -0.25) is 9.98 Å². The summed E-state index contributed by atoms with van der Waals surface area (Å²) >= 11 is 0. The number of aliphatic imine (C=N–C) groups is 2. The van der Waals surface area contributed by atoms with Gasteiger partial charge in [0.2, 0.25) is 0 Å². The minimum atomic E-state index is 0.322. The summed E-state index contributed by atoms with van der Waals surface area (Å²) in [5, 5.41) is 0. The molecule has 4 nitrogen and oxygen atoms in total. The van der Waals surface area contributed by atoms with Gasteiger partial charge in [0, 0.05) is 0 Å². The van der Waals surface area contributed by atoms with Crippen LogP contribution in [0.2, 0.25) is 0 Å². The van der Waals surface area contributed by atoms with Crippen molar-refractivity contribution < 1.29 is 9.59 Å². The zero-order chi connectivity index (χ0) is 31.8. The van der Waals surface area contributed by atoms with Crippen LogP contribution in [0, 0.1) is 23.7 Å². The zero-order valence-corrected chi connectivity index (χ0v) is 29.5. The molecule has 0 heterocycles. The van der Waals surface area contributed by atoms with Crippen LogP contribution in [0.4, 0.5) is 0 Å². The zero-order valence-electron chi connectivity index (χ0n) is 29.5. The molecule has 1 fully saturated rings. The fourth-order valence-electron chi connectivity index (χ4n) is 7.90. The second-order valence-electron chi connectivity index (χ2n) is 14.0. The SMILES string of the molecule is CCCCCCCC1C(CCCCC)CCC(CCCCCCCCC=NCC=O)C1CCCCCCCCC=NCC=O. The van der Waals surface area contributed by atoms with Gasteiger partial charge in [-0.05, 0) is 87.5 Å². The van der Waals surface area contributed by atoms with Gasteiger partial charge >= 0.3 is 0 Å². The maximum absolute atomic E-state index is 10.4. The summed E-state index contributed by atoms with van der Waals surface area (Å²) in [4.78, 5) is 29.0. The smallest absolute Gasteiger partial charge is 0.141 e. The van der Waals surface area contributed by atoms with Crippen LogP contribution in [0.25, 0.3) is 0 Å². The molecule has 4 heteroatoms. The summed E-state index contributed by atoms with van der Waals surface area (Å²) < 4.78 is 0. The first-order valence-electron chi connectivity index (χ1n) is 19.6. The van der Waals surface area contributed by atoms with E-state index in [-0.39, 0.29) is 0 Å². The van der Waals surface area contributed by atoms with E-state index in [1.54, 1.807) is 0 Å². The van der Waals surface area contributed by atoms with Gasteiger partial charge in [0.05, 0.1) is 13.1 Å². The molecule has 0 aromatic carbocycles. The van der Waals surface area contributed by atoms with E-state index in [1.165, 1.54) is 167 Å². The summed E-state index contributed by atoms with van der Waals surface area (Å²) in [6, 6.07) is 0. The highest BCUT2D eigenvalue weighted by Crippen LogP contribution is 2.47. The molecule has 1 saturated carbocycles. The van der Waals surface area contributed by atoms with Gasteiger partial charge in [-0.2, -0.15) is 0 Å². The highest BCUT2D eigenvalue weighted by Gasteiger charge is 2.37. The summed E-state index contributed by atoms with van der Waals surface area (Å²) in [5.74, 6) is 3.92. The maximum atomic E-state index is 10.4. The molecule has 4 unspecified atom stereocenters. The van der Waals surface area contributed by atoms with Crippen molar-refractivity contribution >= 4 is 25.0 Å². The summed E-state index contributed by atoms with van der Waals surface area (Å²) in [7, 11) is 0. The van der Waals surface area contributed by atoms with Crippen LogP contribution in [-0.2, 0) is 9.59 Å². The number of aldehydes is 2. The Hall–Kier alpha value is -1.32. The monoisotopic (exact) mass is 615 g/mol. The Bertz CT molecular complexity index is 691. The fraction of sp³-hybridized carbons (Fsp3) is 0.900. The number of unbranched alkanes of at least 4 members (excludes halogenated alkanes) is 18. The molecule has 1 aliphatic carbocycles. The lowest BCUT2D eigenvalue weighted by atomic mass is 9.61. The van der Waals surface area contributed by atoms with Gasteiger partial charge in [0.25, 0.3) is 0 Å². The molecule has 1 rings (SSSR count). The van der Waals surface area contributed by atoms with E-state index < -0.39 is 0 Å². The Labute approximate surface area is 274 Å². The van der Waals surface area contributed by atoms with Gasteiger partial charge in [0.15, 0.2) is 0 Å². The number of rotatable bonds is 32. The van der Waals surface area contributed by atoms with E-state index in [2.05, 4.69) is 23.8 Å². The van der Waals surface area contributed by atoms with Crippen LogP contribution in [0.15, 0.2) is 9.98 Å². The summed E-state index contributed by atoms with van der Waals surface area (Å²) in [6.07, 6.45) is 44.1. The van der Waals surface area contributed by atoms with Crippen molar-refractivity contribution in [2.45, 2.75) is 194 Å². The lowest BCUT2D eigenvalue weighted by molar-refractivity contribution is -0.107. The van der Waals surface area contributed by atoms with Crippen LogP contribution in [-0.4, -0.2) is 38.1 Å². The summed E-state index contributed by atoms with van der Waals surface area (Å²) in [5.41, 5.74) is 0. The van der Waals surface area contributed by atoms with E-state index in [0.717, 1.165) is 49.1 Å². The fourth-order valence-corrected chi connectivity index (χ4v) is 7.90. The largest absolute Gasteiger partial charge is 0.301 e. The molecule has 0 aromatic heterocycles. The Morgan fingerprint density at radius 1 is 0.455 bits per heavy atom. The quantitative estimate of drug-likeness (QED) is 0.0430. The third-order valence-electron chi connectivity index (χ3n) is 10.4. The number of carbonyl (C=O) groups excluding carboxylic acids is 2. The topological polar surface area (TPSA) is 58.9 Å². The first-order valence-corrected chi connectivity index (χ1v) is 19.6. The van der Waals surface area contributed by atoms with Gasteiger partial charge in [-0.15, -0.1) is 0 Å². The van der Waals surface area contributed by atoms with Crippen molar-refractivity contribution in [2.75, 3.05) is 13.1 Å². The Morgan fingerprint density at radius 3 is 1.23 bits per heavy atom. The molecule has 0 aromatic rings.